The molecular weight excluding hydrogens is 459 g/mol. The van der Waals surface area contributed by atoms with Gasteiger partial charge >= 0.3 is 0 Å². The van der Waals surface area contributed by atoms with Crippen molar-refractivity contribution in [2.45, 2.75) is 32.5 Å². The zero-order valence-corrected chi connectivity index (χ0v) is 20.7. The fourth-order valence-corrected chi connectivity index (χ4v) is 5.25. The molecule has 1 saturated heterocycles. The quantitative estimate of drug-likeness (QED) is 0.349. The maximum Gasteiger partial charge on any atom is 0.170 e. The molecule has 0 unspecified atom stereocenters. The summed E-state index contributed by atoms with van der Waals surface area (Å²) in [4.78, 5) is 6.86. The first-order valence-electron chi connectivity index (χ1n) is 11.5. The van der Waals surface area contributed by atoms with Crippen LogP contribution in [0.25, 0.3) is 5.69 Å². The van der Waals surface area contributed by atoms with E-state index < -0.39 is 0 Å². The Kier molecular flexibility index (Phi) is 6.26. The van der Waals surface area contributed by atoms with Crippen molar-refractivity contribution in [2.75, 3.05) is 7.11 Å². The molecular formula is C28H27FN4OS. The Morgan fingerprint density at radius 1 is 1.03 bits per heavy atom. The van der Waals surface area contributed by atoms with Crippen LogP contribution >= 0.6 is 12.2 Å². The zero-order valence-electron chi connectivity index (χ0n) is 19.9. The first-order chi connectivity index (χ1) is 17.0. The summed E-state index contributed by atoms with van der Waals surface area (Å²) in [6.07, 6.45) is 1.80. The minimum Gasteiger partial charge on any atom is -0.497 e. The van der Waals surface area contributed by atoms with Crippen LogP contribution in [0.2, 0.25) is 0 Å². The molecule has 0 saturated carbocycles. The molecule has 0 radical (unpaired) electrons. The van der Waals surface area contributed by atoms with Crippen LogP contribution in [0.15, 0.2) is 79.0 Å². The Bertz CT molecular complexity index is 1350. The molecule has 1 fully saturated rings. The average Bonchev–Trinajstić information content (AvgIpc) is 3.34. The van der Waals surface area contributed by atoms with Gasteiger partial charge in [-0.1, -0.05) is 24.3 Å². The minimum absolute atomic E-state index is 0.0898. The van der Waals surface area contributed by atoms with E-state index in [9.17, 15) is 4.39 Å². The second kappa shape index (κ2) is 9.50. The third kappa shape index (κ3) is 4.39. The van der Waals surface area contributed by atoms with Crippen LogP contribution in [-0.4, -0.2) is 26.7 Å². The van der Waals surface area contributed by atoms with Gasteiger partial charge in [0.05, 0.1) is 24.9 Å². The van der Waals surface area contributed by atoms with E-state index in [4.69, 9.17) is 17.0 Å². The number of rotatable bonds is 6. The highest BCUT2D eigenvalue weighted by atomic mass is 32.1. The lowest BCUT2D eigenvalue weighted by atomic mass is 9.96. The smallest absolute Gasteiger partial charge is 0.170 e. The van der Waals surface area contributed by atoms with Gasteiger partial charge < -0.3 is 19.5 Å². The maximum atomic E-state index is 14.1. The van der Waals surface area contributed by atoms with E-state index in [0.29, 0.717) is 11.7 Å². The molecule has 0 spiro atoms. The number of methoxy groups -OCH3 is 1. The lowest BCUT2D eigenvalue weighted by molar-refractivity contribution is 0.310. The topological polar surface area (TPSA) is 42.3 Å². The maximum absolute atomic E-state index is 14.1. The summed E-state index contributed by atoms with van der Waals surface area (Å²) in [5.41, 5.74) is 6.06. The van der Waals surface area contributed by atoms with Gasteiger partial charge in [-0.25, -0.2) is 4.39 Å². The Morgan fingerprint density at radius 3 is 2.51 bits per heavy atom. The van der Waals surface area contributed by atoms with Gasteiger partial charge in [0.1, 0.15) is 11.6 Å². The Labute approximate surface area is 210 Å². The SMILES string of the molecule is COc1ccc(CN2C(=S)N[C@@H](c3ccccn3)[C@@H]2c2cc(C)n(-c3cccc(F)c3)c2C)cc1. The highest BCUT2D eigenvalue weighted by molar-refractivity contribution is 7.80. The van der Waals surface area contributed by atoms with E-state index in [1.807, 2.05) is 43.3 Å². The molecule has 178 valence electrons. The summed E-state index contributed by atoms with van der Waals surface area (Å²) < 4.78 is 21.5. The Hall–Kier alpha value is -3.71. The van der Waals surface area contributed by atoms with E-state index in [1.165, 1.54) is 6.07 Å². The number of aryl methyl sites for hydroxylation is 1. The van der Waals surface area contributed by atoms with Gasteiger partial charge in [-0.2, -0.15) is 0 Å². The van der Waals surface area contributed by atoms with Gasteiger partial charge in [0.15, 0.2) is 5.11 Å². The highest BCUT2D eigenvalue weighted by Crippen LogP contribution is 2.42. The largest absolute Gasteiger partial charge is 0.497 e. The Balaban J connectivity index is 1.60. The van der Waals surface area contributed by atoms with E-state index >= 15 is 0 Å². The number of nitrogens with one attached hydrogen (secondary N) is 1. The number of benzene rings is 2. The van der Waals surface area contributed by atoms with E-state index in [1.54, 1.807) is 25.4 Å². The van der Waals surface area contributed by atoms with Crippen molar-refractivity contribution < 1.29 is 9.13 Å². The normalized spacial score (nSPS) is 17.5. The molecule has 5 nitrogen and oxygen atoms in total. The van der Waals surface area contributed by atoms with Crippen molar-refractivity contribution in [3.8, 4) is 11.4 Å². The molecule has 7 heteroatoms. The van der Waals surface area contributed by atoms with Crippen LogP contribution < -0.4 is 10.1 Å². The number of aromatic nitrogens is 2. The summed E-state index contributed by atoms with van der Waals surface area (Å²) >= 11 is 5.84. The molecule has 1 aliphatic heterocycles. The molecule has 2 atom stereocenters. The fourth-order valence-electron chi connectivity index (χ4n) is 4.94. The lowest BCUT2D eigenvalue weighted by Gasteiger charge is -2.28. The summed E-state index contributed by atoms with van der Waals surface area (Å²) in [6, 6.07) is 22.6. The predicted molar refractivity (Wildman–Crippen MR) is 139 cm³/mol. The van der Waals surface area contributed by atoms with Gasteiger partial charge in [-0.05, 0) is 85.7 Å². The molecule has 2 aromatic heterocycles. The van der Waals surface area contributed by atoms with Crippen LogP contribution in [0.5, 0.6) is 5.75 Å². The van der Waals surface area contributed by atoms with Crippen LogP contribution in [0.4, 0.5) is 4.39 Å². The number of thiocarbonyl (C=S) groups is 1. The monoisotopic (exact) mass is 486 g/mol. The first-order valence-corrected chi connectivity index (χ1v) is 11.9. The lowest BCUT2D eigenvalue weighted by Crippen LogP contribution is -2.29. The third-order valence-corrected chi connectivity index (χ3v) is 6.92. The van der Waals surface area contributed by atoms with E-state index in [-0.39, 0.29) is 17.9 Å². The third-order valence-electron chi connectivity index (χ3n) is 6.57. The number of hydrogen-bond acceptors (Lipinski definition) is 3. The number of pyridine rings is 1. The molecule has 35 heavy (non-hydrogen) atoms. The summed E-state index contributed by atoms with van der Waals surface area (Å²) in [6.45, 7) is 4.76. The van der Waals surface area contributed by atoms with Gasteiger partial charge in [0, 0.05) is 29.8 Å². The van der Waals surface area contributed by atoms with Gasteiger partial charge in [-0.3, -0.25) is 4.98 Å². The van der Waals surface area contributed by atoms with Crippen molar-refractivity contribution in [2.24, 2.45) is 0 Å². The molecule has 0 amide bonds. The molecule has 0 aliphatic carbocycles. The van der Waals surface area contributed by atoms with Gasteiger partial charge in [0.25, 0.3) is 0 Å². The molecule has 3 heterocycles. The number of halogens is 1. The predicted octanol–water partition coefficient (Wildman–Crippen LogP) is 5.81. The average molecular weight is 487 g/mol. The number of ether oxygens (including phenoxy) is 1. The second-order valence-corrected chi connectivity index (χ2v) is 9.13. The number of nitrogens with zero attached hydrogens (tertiary/aromatic N) is 3. The van der Waals surface area contributed by atoms with Crippen molar-refractivity contribution in [3.63, 3.8) is 0 Å². The second-order valence-electron chi connectivity index (χ2n) is 8.74. The van der Waals surface area contributed by atoms with Crippen molar-refractivity contribution in [1.82, 2.24) is 19.8 Å². The van der Waals surface area contributed by atoms with E-state index in [0.717, 1.165) is 39.6 Å². The molecule has 0 bridgehead atoms. The minimum atomic E-state index is -0.257. The highest BCUT2D eigenvalue weighted by Gasteiger charge is 2.41. The summed E-state index contributed by atoms with van der Waals surface area (Å²) in [7, 11) is 1.66. The number of hydrogen-bond donors (Lipinski definition) is 1. The van der Waals surface area contributed by atoms with E-state index in [2.05, 4.69) is 44.9 Å². The standard InChI is InChI=1S/C28H27FN4OS/c1-18-15-24(19(2)33(18)22-8-6-7-21(29)16-22)27-26(25-9-4-5-14-30-25)31-28(35)32(27)17-20-10-12-23(34-3)13-11-20/h4-16,26-27H,17H2,1-3H3,(H,31,35)/t26-,27-/m0/s1. The Morgan fingerprint density at radius 2 is 1.83 bits per heavy atom. The van der Waals surface area contributed by atoms with Crippen LogP contribution in [0.3, 0.4) is 0 Å². The molecule has 2 aromatic carbocycles. The van der Waals surface area contributed by atoms with Crippen molar-refractivity contribution in [1.29, 1.82) is 0 Å². The molecule has 5 rings (SSSR count). The van der Waals surface area contributed by atoms with Gasteiger partial charge in [-0.15, -0.1) is 0 Å². The van der Waals surface area contributed by atoms with Gasteiger partial charge in [0.2, 0.25) is 0 Å². The summed E-state index contributed by atoms with van der Waals surface area (Å²) in [5, 5.41) is 4.20. The van der Waals surface area contributed by atoms with Crippen LogP contribution in [-0.2, 0) is 6.54 Å². The fraction of sp³-hybridized carbons (Fsp3) is 0.214. The van der Waals surface area contributed by atoms with Crippen molar-refractivity contribution in [3.05, 3.63) is 113 Å². The first kappa shape index (κ1) is 23.1. The van der Waals surface area contributed by atoms with Crippen LogP contribution in [0, 0.1) is 19.7 Å². The van der Waals surface area contributed by atoms with Crippen LogP contribution in [0.1, 0.15) is 40.3 Å². The van der Waals surface area contributed by atoms with Crippen molar-refractivity contribution >= 4 is 17.3 Å². The molecule has 1 aliphatic rings. The zero-order chi connectivity index (χ0) is 24.5. The molecule has 4 aromatic rings. The molecule has 1 N–H and O–H groups in total. The summed E-state index contributed by atoms with van der Waals surface area (Å²) in [5.74, 6) is 0.560.